The SMILES string of the molecule is CCOC(=O)[C@H](C)C[C@@H](Cc1ccc(-c2cccc(Cl)c2)cc1)NC(=O)c1ccc(C(=O)O)o1. The number of aromatic carboxylic acids is 1. The molecule has 0 aliphatic carbocycles. The number of hydrogen-bond acceptors (Lipinski definition) is 5. The molecule has 0 bridgehead atoms. The fourth-order valence-electron chi connectivity index (χ4n) is 3.62. The molecule has 0 saturated carbocycles. The zero-order valence-electron chi connectivity index (χ0n) is 18.9. The topological polar surface area (TPSA) is 106 Å². The predicted octanol–water partition coefficient (Wildman–Crippen LogP) is 5.23. The second-order valence-corrected chi connectivity index (χ2v) is 8.38. The number of esters is 1. The van der Waals surface area contributed by atoms with E-state index in [1.54, 1.807) is 13.8 Å². The average molecular weight is 484 g/mol. The van der Waals surface area contributed by atoms with Gasteiger partial charge in [-0.05, 0) is 60.7 Å². The van der Waals surface area contributed by atoms with Crippen molar-refractivity contribution in [2.24, 2.45) is 5.92 Å². The predicted molar refractivity (Wildman–Crippen MR) is 128 cm³/mol. The van der Waals surface area contributed by atoms with Crippen LogP contribution in [0.5, 0.6) is 0 Å². The fourth-order valence-corrected chi connectivity index (χ4v) is 3.81. The molecule has 0 aliphatic rings. The van der Waals surface area contributed by atoms with Crippen molar-refractivity contribution in [2.45, 2.75) is 32.7 Å². The summed E-state index contributed by atoms with van der Waals surface area (Å²) >= 11 is 6.09. The van der Waals surface area contributed by atoms with Gasteiger partial charge in [0, 0.05) is 11.1 Å². The van der Waals surface area contributed by atoms with E-state index in [2.05, 4.69) is 5.32 Å². The molecule has 0 radical (unpaired) electrons. The first-order valence-electron chi connectivity index (χ1n) is 10.9. The van der Waals surface area contributed by atoms with Gasteiger partial charge in [0.25, 0.3) is 5.91 Å². The third kappa shape index (κ3) is 6.71. The van der Waals surface area contributed by atoms with Crippen LogP contribution in [0.2, 0.25) is 5.02 Å². The smallest absolute Gasteiger partial charge is 0.371 e. The second kappa shape index (κ2) is 11.5. The molecule has 7 nitrogen and oxygen atoms in total. The number of nitrogens with one attached hydrogen (secondary N) is 1. The highest BCUT2D eigenvalue weighted by Crippen LogP contribution is 2.24. The molecule has 1 aromatic heterocycles. The molecule has 2 N–H and O–H groups in total. The number of furan rings is 1. The number of halogens is 1. The Morgan fingerprint density at radius 1 is 1.03 bits per heavy atom. The molecule has 1 amide bonds. The summed E-state index contributed by atoms with van der Waals surface area (Å²) < 4.78 is 10.2. The first-order chi connectivity index (χ1) is 16.3. The molecule has 3 rings (SSSR count). The maximum Gasteiger partial charge on any atom is 0.371 e. The monoisotopic (exact) mass is 483 g/mol. The van der Waals surface area contributed by atoms with Crippen LogP contribution in [0.3, 0.4) is 0 Å². The third-order valence-corrected chi connectivity index (χ3v) is 5.53. The largest absolute Gasteiger partial charge is 0.475 e. The lowest BCUT2D eigenvalue weighted by atomic mass is 9.94. The Kier molecular flexibility index (Phi) is 8.49. The number of carboxylic acid groups (broad SMARTS) is 1. The molecule has 34 heavy (non-hydrogen) atoms. The Morgan fingerprint density at radius 2 is 1.74 bits per heavy atom. The Morgan fingerprint density at radius 3 is 2.35 bits per heavy atom. The Labute approximate surface area is 202 Å². The van der Waals surface area contributed by atoms with Gasteiger partial charge in [-0.1, -0.05) is 54.9 Å². The molecule has 3 aromatic rings. The lowest BCUT2D eigenvalue weighted by molar-refractivity contribution is -0.147. The molecule has 2 aromatic carbocycles. The summed E-state index contributed by atoms with van der Waals surface area (Å²) in [6.45, 7) is 3.76. The van der Waals surface area contributed by atoms with Crippen LogP contribution in [-0.2, 0) is 16.0 Å². The Bertz CT molecular complexity index is 1150. The van der Waals surface area contributed by atoms with Crippen molar-refractivity contribution in [3.05, 3.63) is 82.8 Å². The van der Waals surface area contributed by atoms with Gasteiger partial charge in [0.05, 0.1) is 12.5 Å². The Balaban J connectivity index is 1.76. The number of rotatable bonds is 10. The molecule has 0 spiro atoms. The summed E-state index contributed by atoms with van der Waals surface area (Å²) in [4.78, 5) is 35.9. The van der Waals surface area contributed by atoms with Crippen LogP contribution in [0.4, 0.5) is 0 Å². The first kappa shape index (κ1) is 25.1. The number of hydrogen-bond donors (Lipinski definition) is 2. The van der Waals surface area contributed by atoms with Crippen molar-refractivity contribution in [3.8, 4) is 11.1 Å². The second-order valence-electron chi connectivity index (χ2n) is 7.94. The normalized spacial score (nSPS) is 12.6. The van der Waals surface area contributed by atoms with Gasteiger partial charge >= 0.3 is 11.9 Å². The number of benzene rings is 2. The van der Waals surface area contributed by atoms with Crippen LogP contribution < -0.4 is 5.32 Å². The standard InChI is InChI=1S/C26H26ClNO6/c1-3-33-26(32)16(2)13-21(28-24(29)22-11-12-23(34-22)25(30)31)14-17-7-9-18(10-8-17)19-5-4-6-20(27)15-19/h4-12,15-16,21H,3,13-14H2,1-2H3,(H,28,29)(H,30,31)/t16-,21+/m1/s1. The van der Waals surface area contributed by atoms with E-state index in [0.29, 0.717) is 17.9 Å². The molecule has 0 fully saturated rings. The van der Waals surface area contributed by atoms with Crippen LogP contribution in [0, 0.1) is 5.92 Å². The van der Waals surface area contributed by atoms with E-state index in [-0.39, 0.29) is 24.1 Å². The number of carbonyl (C=O) groups excluding carboxylic acids is 2. The maximum absolute atomic E-state index is 12.7. The number of carboxylic acids is 1. The molecule has 0 aliphatic heterocycles. The van der Waals surface area contributed by atoms with Gasteiger partial charge in [0.15, 0.2) is 5.76 Å². The van der Waals surface area contributed by atoms with Gasteiger partial charge in [-0.15, -0.1) is 0 Å². The van der Waals surface area contributed by atoms with Gasteiger partial charge in [0.2, 0.25) is 5.76 Å². The highest BCUT2D eigenvalue weighted by molar-refractivity contribution is 6.30. The lowest BCUT2D eigenvalue weighted by Crippen LogP contribution is -2.38. The Hall–Kier alpha value is -3.58. The fraction of sp³-hybridized carbons (Fsp3) is 0.269. The number of amides is 1. The highest BCUT2D eigenvalue weighted by atomic mass is 35.5. The van der Waals surface area contributed by atoms with Crippen molar-refractivity contribution < 1.29 is 28.6 Å². The molecule has 0 unspecified atom stereocenters. The van der Waals surface area contributed by atoms with E-state index >= 15 is 0 Å². The molecule has 1 heterocycles. The third-order valence-electron chi connectivity index (χ3n) is 5.30. The molecule has 8 heteroatoms. The zero-order valence-corrected chi connectivity index (χ0v) is 19.7. The zero-order chi connectivity index (χ0) is 24.7. The van der Waals surface area contributed by atoms with Crippen molar-refractivity contribution in [3.63, 3.8) is 0 Å². The molecule has 0 saturated heterocycles. The van der Waals surface area contributed by atoms with E-state index in [1.165, 1.54) is 12.1 Å². The van der Waals surface area contributed by atoms with Crippen LogP contribution in [-0.4, -0.2) is 35.6 Å². The number of carbonyl (C=O) groups is 3. The first-order valence-corrected chi connectivity index (χ1v) is 11.3. The van der Waals surface area contributed by atoms with Gasteiger partial charge in [0.1, 0.15) is 0 Å². The lowest BCUT2D eigenvalue weighted by Gasteiger charge is -2.21. The van der Waals surface area contributed by atoms with Gasteiger partial charge < -0.3 is 19.6 Å². The minimum atomic E-state index is -1.26. The van der Waals surface area contributed by atoms with E-state index in [1.807, 2.05) is 48.5 Å². The average Bonchev–Trinajstić information content (AvgIpc) is 3.31. The summed E-state index contributed by atoms with van der Waals surface area (Å²) in [6, 6.07) is 17.5. The van der Waals surface area contributed by atoms with Crippen LogP contribution >= 0.6 is 11.6 Å². The summed E-state index contributed by atoms with van der Waals surface area (Å²) in [7, 11) is 0. The maximum atomic E-state index is 12.7. The van der Waals surface area contributed by atoms with E-state index < -0.39 is 23.8 Å². The van der Waals surface area contributed by atoms with E-state index in [0.717, 1.165) is 16.7 Å². The van der Waals surface area contributed by atoms with Crippen LogP contribution in [0.25, 0.3) is 11.1 Å². The van der Waals surface area contributed by atoms with Crippen molar-refractivity contribution in [1.82, 2.24) is 5.32 Å². The summed E-state index contributed by atoms with van der Waals surface area (Å²) in [5.74, 6) is -3.03. The van der Waals surface area contributed by atoms with Crippen LogP contribution in [0.15, 0.2) is 65.1 Å². The quantitative estimate of drug-likeness (QED) is 0.382. The van der Waals surface area contributed by atoms with Gasteiger partial charge in [-0.3, -0.25) is 9.59 Å². The highest BCUT2D eigenvalue weighted by Gasteiger charge is 2.24. The van der Waals surface area contributed by atoms with Gasteiger partial charge in [-0.2, -0.15) is 0 Å². The minimum Gasteiger partial charge on any atom is -0.475 e. The molecule has 178 valence electrons. The van der Waals surface area contributed by atoms with E-state index in [4.69, 9.17) is 25.9 Å². The molecular weight excluding hydrogens is 458 g/mol. The summed E-state index contributed by atoms with van der Waals surface area (Å²) in [6.07, 6.45) is 0.797. The number of ether oxygens (including phenoxy) is 1. The van der Waals surface area contributed by atoms with Crippen LogP contribution in [0.1, 0.15) is 46.9 Å². The van der Waals surface area contributed by atoms with Crippen molar-refractivity contribution in [2.75, 3.05) is 6.61 Å². The van der Waals surface area contributed by atoms with Gasteiger partial charge in [-0.25, -0.2) is 4.79 Å². The molecule has 2 atom stereocenters. The van der Waals surface area contributed by atoms with Crippen molar-refractivity contribution >= 4 is 29.4 Å². The molecular formula is C26H26ClNO6. The van der Waals surface area contributed by atoms with E-state index in [9.17, 15) is 14.4 Å². The summed E-state index contributed by atoms with van der Waals surface area (Å²) in [5, 5.41) is 12.5. The summed E-state index contributed by atoms with van der Waals surface area (Å²) in [5.41, 5.74) is 2.95. The van der Waals surface area contributed by atoms with Crippen molar-refractivity contribution in [1.29, 1.82) is 0 Å². The minimum absolute atomic E-state index is 0.109.